The molecule has 1 atom stereocenters. The zero-order chi connectivity index (χ0) is 17.8. The van der Waals surface area contributed by atoms with Crippen LogP contribution in [0.15, 0.2) is 36.7 Å². The van der Waals surface area contributed by atoms with Crippen LogP contribution >= 0.6 is 0 Å². The van der Waals surface area contributed by atoms with Gasteiger partial charge in [0.25, 0.3) is 11.8 Å². The fourth-order valence-electron chi connectivity index (χ4n) is 3.09. The molecule has 1 aliphatic rings. The molecular formula is C18H22N4O3. The van der Waals surface area contributed by atoms with E-state index in [1.165, 1.54) is 0 Å². The summed E-state index contributed by atoms with van der Waals surface area (Å²) in [4.78, 5) is 25.5. The van der Waals surface area contributed by atoms with Crippen molar-refractivity contribution >= 4 is 11.8 Å². The molecule has 0 radical (unpaired) electrons. The maximum Gasteiger partial charge on any atom is 0.255 e. The number of carbonyl (C=O) groups is 2. The number of ether oxygens (including phenoxy) is 1. The molecule has 2 amide bonds. The second-order valence-electron chi connectivity index (χ2n) is 6.31. The summed E-state index contributed by atoms with van der Waals surface area (Å²) in [5.41, 5.74) is 6.77. The van der Waals surface area contributed by atoms with Crippen LogP contribution in [0.4, 0.5) is 0 Å². The van der Waals surface area contributed by atoms with Crippen molar-refractivity contribution in [2.45, 2.75) is 32.4 Å². The number of aryl methyl sites for hydroxylation is 1. The predicted molar refractivity (Wildman–Crippen MR) is 92.2 cm³/mol. The van der Waals surface area contributed by atoms with Crippen LogP contribution in [0.3, 0.4) is 0 Å². The summed E-state index contributed by atoms with van der Waals surface area (Å²) in [5.74, 6) is -0.0120. The van der Waals surface area contributed by atoms with Crippen LogP contribution in [0.5, 0.6) is 5.75 Å². The van der Waals surface area contributed by atoms with Crippen molar-refractivity contribution in [1.82, 2.24) is 14.7 Å². The van der Waals surface area contributed by atoms with Gasteiger partial charge in [-0.2, -0.15) is 5.10 Å². The fraction of sp³-hybridized carbons (Fsp3) is 0.389. The predicted octanol–water partition coefficient (Wildman–Crippen LogP) is 1.36. The van der Waals surface area contributed by atoms with E-state index in [0.717, 1.165) is 24.9 Å². The van der Waals surface area contributed by atoms with Crippen LogP contribution in [0.25, 0.3) is 0 Å². The SMILES string of the molecule is Cc1cnn(CC2CCCN2C(=O)c2ccc(OCC(N)=O)cc2)c1. The summed E-state index contributed by atoms with van der Waals surface area (Å²) in [7, 11) is 0. The lowest BCUT2D eigenvalue weighted by Crippen LogP contribution is -2.38. The minimum Gasteiger partial charge on any atom is -0.484 e. The first-order chi connectivity index (χ1) is 12.0. The van der Waals surface area contributed by atoms with Gasteiger partial charge in [0.15, 0.2) is 6.61 Å². The van der Waals surface area contributed by atoms with Gasteiger partial charge in [-0.3, -0.25) is 14.3 Å². The molecule has 0 bridgehead atoms. The molecule has 0 aliphatic carbocycles. The Bertz CT molecular complexity index is 754. The Kier molecular flexibility index (Phi) is 5.02. The average molecular weight is 342 g/mol. The first kappa shape index (κ1) is 17.0. The largest absolute Gasteiger partial charge is 0.484 e. The normalized spacial score (nSPS) is 16.8. The van der Waals surface area contributed by atoms with Crippen molar-refractivity contribution in [1.29, 1.82) is 0 Å². The number of amides is 2. The van der Waals surface area contributed by atoms with E-state index in [1.54, 1.807) is 24.3 Å². The van der Waals surface area contributed by atoms with Crippen molar-refractivity contribution in [2.75, 3.05) is 13.2 Å². The van der Waals surface area contributed by atoms with Crippen LogP contribution in [-0.4, -0.2) is 45.7 Å². The summed E-state index contributed by atoms with van der Waals surface area (Å²) < 4.78 is 7.11. The number of likely N-dealkylation sites (tertiary alicyclic amines) is 1. The highest BCUT2D eigenvalue weighted by Crippen LogP contribution is 2.22. The lowest BCUT2D eigenvalue weighted by molar-refractivity contribution is -0.119. The molecule has 3 rings (SSSR count). The average Bonchev–Trinajstić information content (AvgIpc) is 3.22. The Labute approximate surface area is 146 Å². The monoisotopic (exact) mass is 342 g/mol. The second-order valence-corrected chi connectivity index (χ2v) is 6.31. The lowest BCUT2D eigenvalue weighted by atomic mass is 10.1. The maximum absolute atomic E-state index is 12.8. The molecular weight excluding hydrogens is 320 g/mol. The first-order valence-electron chi connectivity index (χ1n) is 8.34. The third-order valence-electron chi connectivity index (χ3n) is 4.28. The Morgan fingerprint density at radius 1 is 1.32 bits per heavy atom. The highest BCUT2D eigenvalue weighted by atomic mass is 16.5. The summed E-state index contributed by atoms with van der Waals surface area (Å²) in [5, 5.41) is 4.32. The quantitative estimate of drug-likeness (QED) is 0.858. The summed E-state index contributed by atoms with van der Waals surface area (Å²) >= 11 is 0. The van der Waals surface area contributed by atoms with Crippen molar-refractivity contribution in [3.05, 3.63) is 47.8 Å². The van der Waals surface area contributed by atoms with E-state index >= 15 is 0 Å². The topological polar surface area (TPSA) is 90.4 Å². The van der Waals surface area contributed by atoms with Crippen LogP contribution < -0.4 is 10.5 Å². The number of aromatic nitrogens is 2. The van der Waals surface area contributed by atoms with E-state index in [0.29, 0.717) is 17.9 Å². The van der Waals surface area contributed by atoms with E-state index in [1.807, 2.05) is 28.9 Å². The molecule has 1 saturated heterocycles. The van der Waals surface area contributed by atoms with Crippen molar-refractivity contribution in [3.8, 4) is 5.75 Å². The Morgan fingerprint density at radius 3 is 2.72 bits per heavy atom. The molecule has 25 heavy (non-hydrogen) atoms. The molecule has 1 fully saturated rings. The van der Waals surface area contributed by atoms with E-state index in [9.17, 15) is 9.59 Å². The van der Waals surface area contributed by atoms with Gasteiger partial charge in [-0.15, -0.1) is 0 Å². The summed E-state index contributed by atoms with van der Waals surface area (Å²) in [6.07, 6.45) is 5.79. The van der Waals surface area contributed by atoms with Gasteiger partial charge < -0.3 is 15.4 Å². The number of benzene rings is 1. The van der Waals surface area contributed by atoms with E-state index in [4.69, 9.17) is 10.5 Å². The third kappa shape index (κ3) is 4.17. The minimum absolute atomic E-state index is 0.00725. The zero-order valence-corrected chi connectivity index (χ0v) is 14.2. The number of rotatable bonds is 6. The van der Waals surface area contributed by atoms with Crippen LogP contribution in [0.1, 0.15) is 28.8 Å². The molecule has 0 saturated carbocycles. The van der Waals surface area contributed by atoms with Gasteiger partial charge in [0.05, 0.1) is 18.8 Å². The van der Waals surface area contributed by atoms with Gasteiger partial charge in [0.2, 0.25) is 0 Å². The minimum atomic E-state index is -0.533. The van der Waals surface area contributed by atoms with Crippen molar-refractivity contribution < 1.29 is 14.3 Å². The molecule has 1 aliphatic heterocycles. The second kappa shape index (κ2) is 7.38. The van der Waals surface area contributed by atoms with E-state index < -0.39 is 5.91 Å². The number of primary amides is 1. The van der Waals surface area contributed by atoms with Crippen LogP contribution in [0, 0.1) is 6.92 Å². The van der Waals surface area contributed by atoms with Crippen LogP contribution in [-0.2, 0) is 11.3 Å². The Hall–Kier alpha value is -2.83. The van der Waals surface area contributed by atoms with Gasteiger partial charge in [0.1, 0.15) is 5.75 Å². The lowest BCUT2D eigenvalue weighted by Gasteiger charge is -2.25. The highest BCUT2D eigenvalue weighted by molar-refractivity contribution is 5.94. The van der Waals surface area contributed by atoms with Gasteiger partial charge in [-0.25, -0.2) is 0 Å². The molecule has 0 spiro atoms. The molecule has 2 N–H and O–H groups in total. The number of carbonyl (C=O) groups excluding carboxylic acids is 2. The highest BCUT2D eigenvalue weighted by Gasteiger charge is 2.29. The molecule has 1 aromatic carbocycles. The Morgan fingerprint density at radius 2 is 2.08 bits per heavy atom. The number of hydrogen-bond donors (Lipinski definition) is 1. The number of hydrogen-bond acceptors (Lipinski definition) is 4. The molecule has 2 aromatic rings. The maximum atomic E-state index is 12.8. The Balaban J connectivity index is 1.65. The summed E-state index contributed by atoms with van der Waals surface area (Å²) in [6.45, 7) is 3.29. The first-order valence-corrected chi connectivity index (χ1v) is 8.34. The molecule has 7 heteroatoms. The smallest absolute Gasteiger partial charge is 0.255 e. The molecule has 7 nitrogen and oxygen atoms in total. The molecule has 1 aromatic heterocycles. The van der Waals surface area contributed by atoms with Gasteiger partial charge in [0, 0.05) is 18.3 Å². The number of nitrogens with two attached hydrogens (primary N) is 1. The van der Waals surface area contributed by atoms with Crippen molar-refractivity contribution in [2.24, 2.45) is 5.73 Å². The molecule has 2 heterocycles. The van der Waals surface area contributed by atoms with Crippen molar-refractivity contribution in [3.63, 3.8) is 0 Å². The van der Waals surface area contributed by atoms with E-state index in [2.05, 4.69) is 5.10 Å². The van der Waals surface area contributed by atoms with E-state index in [-0.39, 0.29) is 18.6 Å². The fourth-order valence-corrected chi connectivity index (χ4v) is 3.09. The zero-order valence-electron chi connectivity index (χ0n) is 14.2. The third-order valence-corrected chi connectivity index (χ3v) is 4.28. The van der Waals surface area contributed by atoms with Gasteiger partial charge in [-0.05, 0) is 49.6 Å². The number of nitrogens with zero attached hydrogens (tertiary/aromatic N) is 3. The van der Waals surface area contributed by atoms with Gasteiger partial charge in [-0.1, -0.05) is 0 Å². The van der Waals surface area contributed by atoms with Gasteiger partial charge >= 0.3 is 0 Å². The molecule has 1 unspecified atom stereocenters. The summed E-state index contributed by atoms with van der Waals surface area (Å²) in [6, 6.07) is 6.94. The molecule has 132 valence electrons. The van der Waals surface area contributed by atoms with Crippen LogP contribution in [0.2, 0.25) is 0 Å². The standard InChI is InChI=1S/C18H22N4O3/c1-13-9-20-21(10-13)11-15-3-2-8-22(15)18(24)14-4-6-16(7-5-14)25-12-17(19)23/h4-7,9-10,15H,2-3,8,11-12H2,1H3,(H2,19,23).